The van der Waals surface area contributed by atoms with E-state index in [4.69, 9.17) is 11.6 Å². The van der Waals surface area contributed by atoms with Crippen LogP contribution in [0, 0.1) is 17.3 Å². The van der Waals surface area contributed by atoms with Crippen LogP contribution < -0.4 is 0 Å². The number of carboxylic acid groups (broad SMARTS) is 1. The average Bonchev–Trinajstić information content (AvgIpc) is 2.42. The summed E-state index contributed by atoms with van der Waals surface area (Å²) in [5, 5.41) is 10.4. The number of hydrogen-bond acceptors (Lipinski definition) is 1. The van der Waals surface area contributed by atoms with E-state index in [0.717, 1.165) is 31.2 Å². The monoisotopic (exact) mass is 294 g/mol. The Hall–Kier alpha value is -1.02. The second-order valence-corrected chi connectivity index (χ2v) is 6.84. The number of benzene rings is 1. The van der Waals surface area contributed by atoms with Gasteiger partial charge in [0, 0.05) is 5.02 Å². The van der Waals surface area contributed by atoms with Crippen molar-refractivity contribution in [3.8, 4) is 0 Å². The van der Waals surface area contributed by atoms with Crippen LogP contribution in [-0.4, -0.2) is 11.1 Å². The molecule has 0 heterocycles. The van der Waals surface area contributed by atoms with Gasteiger partial charge in [0.2, 0.25) is 0 Å². The highest BCUT2D eigenvalue weighted by Crippen LogP contribution is 2.44. The topological polar surface area (TPSA) is 37.3 Å². The van der Waals surface area contributed by atoms with Crippen LogP contribution in [0.15, 0.2) is 24.3 Å². The summed E-state index contributed by atoms with van der Waals surface area (Å²) >= 11 is 6.20. The van der Waals surface area contributed by atoms with Gasteiger partial charge in [0.25, 0.3) is 0 Å². The zero-order valence-electron chi connectivity index (χ0n) is 12.2. The van der Waals surface area contributed by atoms with Gasteiger partial charge in [-0.2, -0.15) is 0 Å². The van der Waals surface area contributed by atoms with Gasteiger partial charge in [-0.15, -0.1) is 0 Å². The lowest BCUT2D eigenvalue weighted by molar-refractivity contribution is -0.151. The Morgan fingerprint density at radius 2 is 1.95 bits per heavy atom. The fourth-order valence-corrected chi connectivity index (χ4v) is 3.53. The largest absolute Gasteiger partial charge is 0.481 e. The Morgan fingerprint density at radius 3 is 2.45 bits per heavy atom. The van der Waals surface area contributed by atoms with E-state index in [9.17, 15) is 9.90 Å². The first-order chi connectivity index (χ1) is 9.44. The molecule has 0 amide bonds. The summed E-state index contributed by atoms with van der Waals surface area (Å²) in [6.07, 6.45) is 4.09. The first-order valence-electron chi connectivity index (χ1n) is 7.41. The van der Waals surface area contributed by atoms with Gasteiger partial charge in [-0.05, 0) is 55.6 Å². The van der Waals surface area contributed by atoms with Crippen LogP contribution in [0.3, 0.4) is 0 Å². The highest BCUT2D eigenvalue weighted by molar-refractivity contribution is 6.31. The summed E-state index contributed by atoms with van der Waals surface area (Å²) in [5.74, 6) is 0.635. The molecule has 1 N–H and O–H groups in total. The third kappa shape index (κ3) is 3.17. The molecule has 2 nitrogen and oxygen atoms in total. The number of halogens is 1. The van der Waals surface area contributed by atoms with Gasteiger partial charge < -0.3 is 5.11 Å². The lowest BCUT2D eigenvalue weighted by Crippen LogP contribution is -2.38. The molecule has 0 radical (unpaired) electrons. The highest BCUT2D eigenvalue weighted by Gasteiger charge is 2.42. The molecule has 2 rings (SSSR count). The molecule has 0 saturated heterocycles. The summed E-state index contributed by atoms with van der Waals surface area (Å²) in [6, 6.07) is 7.60. The number of rotatable bonds is 4. The van der Waals surface area contributed by atoms with Gasteiger partial charge in [-0.1, -0.05) is 43.6 Å². The Balaban J connectivity index is 2.16. The molecular formula is C17H23ClO2. The minimum Gasteiger partial charge on any atom is -0.481 e. The Labute approximate surface area is 126 Å². The molecule has 20 heavy (non-hydrogen) atoms. The van der Waals surface area contributed by atoms with E-state index in [1.54, 1.807) is 0 Å². The molecule has 0 bridgehead atoms. The lowest BCUT2D eigenvalue weighted by atomic mass is 9.65. The van der Waals surface area contributed by atoms with Crippen LogP contribution in [0.4, 0.5) is 0 Å². The number of aliphatic carboxylic acids is 1. The van der Waals surface area contributed by atoms with Crippen molar-refractivity contribution in [1.82, 2.24) is 0 Å². The lowest BCUT2D eigenvalue weighted by Gasteiger charge is -2.38. The SMILES string of the molecule is CC(C)C1CCC(Cc2ccccc2Cl)(C(=O)O)CC1. The molecule has 0 aromatic heterocycles. The summed E-state index contributed by atoms with van der Waals surface area (Å²) in [7, 11) is 0. The summed E-state index contributed by atoms with van der Waals surface area (Å²) in [5.41, 5.74) is 0.329. The predicted molar refractivity (Wildman–Crippen MR) is 82.0 cm³/mol. The van der Waals surface area contributed by atoms with Crippen LogP contribution >= 0.6 is 11.6 Å². The molecule has 1 fully saturated rings. The first kappa shape index (κ1) is 15.4. The normalized spacial score (nSPS) is 26.7. The van der Waals surface area contributed by atoms with Gasteiger partial charge >= 0.3 is 5.97 Å². The summed E-state index contributed by atoms with van der Waals surface area (Å²) < 4.78 is 0. The maximum absolute atomic E-state index is 11.8. The first-order valence-corrected chi connectivity index (χ1v) is 7.79. The molecule has 1 aromatic rings. The van der Waals surface area contributed by atoms with E-state index >= 15 is 0 Å². The minimum absolute atomic E-state index is 0.548. The maximum Gasteiger partial charge on any atom is 0.309 e. The molecule has 0 unspecified atom stereocenters. The Bertz CT molecular complexity index is 474. The van der Waals surface area contributed by atoms with Crippen molar-refractivity contribution in [1.29, 1.82) is 0 Å². The van der Waals surface area contributed by atoms with Crippen molar-refractivity contribution in [2.75, 3.05) is 0 Å². The van der Waals surface area contributed by atoms with Crippen LogP contribution in [-0.2, 0) is 11.2 Å². The molecule has 110 valence electrons. The van der Waals surface area contributed by atoms with E-state index < -0.39 is 11.4 Å². The summed E-state index contributed by atoms with van der Waals surface area (Å²) in [6.45, 7) is 4.46. The zero-order chi connectivity index (χ0) is 14.8. The molecule has 1 aromatic carbocycles. The molecule has 1 aliphatic carbocycles. The van der Waals surface area contributed by atoms with Crippen LogP contribution in [0.1, 0.15) is 45.1 Å². The molecule has 1 saturated carbocycles. The number of carboxylic acids is 1. The fraction of sp³-hybridized carbons (Fsp3) is 0.588. The van der Waals surface area contributed by atoms with Crippen LogP contribution in [0.5, 0.6) is 0 Å². The zero-order valence-corrected chi connectivity index (χ0v) is 13.0. The van der Waals surface area contributed by atoms with E-state index in [2.05, 4.69) is 13.8 Å². The Morgan fingerprint density at radius 1 is 1.35 bits per heavy atom. The molecule has 1 aliphatic rings. The van der Waals surface area contributed by atoms with Crippen molar-refractivity contribution in [3.05, 3.63) is 34.9 Å². The average molecular weight is 295 g/mol. The van der Waals surface area contributed by atoms with Crippen molar-refractivity contribution in [2.24, 2.45) is 17.3 Å². The molecular weight excluding hydrogens is 272 g/mol. The molecule has 0 aliphatic heterocycles. The van der Waals surface area contributed by atoms with Gasteiger partial charge in [0.1, 0.15) is 0 Å². The number of hydrogen-bond donors (Lipinski definition) is 1. The minimum atomic E-state index is -0.667. The Kier molecular flexibility index (Phi) is 4.74. The van der Waals surface area contributed by atoms with Crippen molar-refractivity contribution in [2.45, 2.75) is 46.0 Å². The fourth-order valence-electron chi connectivity index (χ4n) is 3.33. The molecule has 3 heteroatoms. The smallest absolute Gasteiger partial charge is 0.309 e. The molecule has 0 spiro atoms. The quantitative estimate of drug-likeness (QED) is 0.866. The van der Waals surface area contributed by atoms with E-state index in [0.29, 0.717) is 23.3 Å². The maximum atomic E-state index is 11.8. The second kappa shape index (κ2) is 6.17. The predicted octanol–water partition coefficient (Wildman–Crippen LogP) is 4.80. The van der Waals surface area contributed by atoms with E-state index in [1.165, 1.54) is 0 Å². The van der Waals surface area contributed by atoms with E-state index in [-0.39, 0.29) is 0 Å². The standard InChI is InChI=1S/C17H23ClO2/c1-12(2)13-7-9-17(10-8-13,16(19)20)11-14-5-3-4-6-15(14)18/h3-6,12-13H,7-11H2,1-2H3,(H,19,20). The van der Waals surface area contributed by atoms with Crippen LogP contribution in [0.25, 0.3) is 0 Å². The van der Waals surface area contributed by atoms with Crippen molar-refractivity contribution >= 4 is 17.6 Å². The summed E-state index contributed by atoms with van der Waals surface area (Å²) in [4.78, 5) is 11.8. The third-order valence-electron chi connectivity index (χ3n) is 4.87. The van der Waals surface area contributed by atoms with Gasteiger partial charge in [0.05, 0.1) is 5.41 Å². The third-order valence-corrected chi connectivity index (χ3v) is 5.24. The van der Waals surface area contributed by atoms with Crippen LogP contribution in [0.2, 0.25) is 5.02 Å². The van der Waals surface area contributed by atoms with Crippen molar-refractivity contribution < 1.29 is 9.90 Å². The van der Waals surface area contributed by atoms with E-state index in [1.807, 2.05) is 24.3 Å². The highest BCUT2D eigenvalue weighted by atomic mass is 35.5. The van der Waals surface area contributed by atoms with Gasteiger partial charge in [-0.3, -0.25) is 4.79 Å². The second-order valence-electron chi connectivity index (χ2n) is 6.44. The number of carbonyl (C=O) groups is 1. The van der Waals surface area contributed by atoms with Gasteiger partial charge in [0.15, 0.2) is 0 Å². The van der Waals surface area contributed by atoms with Gasteiger partial charge in [-0.25, -0.2) is 0 Å². The molecule has 0 atom stereocenters. The van der Waals surface area contributed by atoms with Crippen molar-refractivity contribution in [3.63, 3.8) is 0 Å².